The van der Waals surface area contributed by atoms with Gasteiger partial charge in [0.25, 0.3) is 0 Å². The fraction of sp³-hybridized carbons (Fsp3) is 0.579. The summed E-state index contributed by atoms with van der Waals surface area (Å²) in [5, 5.41) is 6.85. The first-order valence-electron chi connectivity index (χ1n) is 8.77. The van der Waals surface area contributed by atoms with Crippen molar-refractivity contribution in [2.24, 2.45) is 10.4 Å². The van der Waals surface area contributed by atoms with Gasteiger partial charge in [-0.2, -0.15) is 0 Å². The molecule has 1 unspecified atom stereocenters. The summed E-state index contributed by atoms with van der Waals surface area (Å²) in [5.74, 6) is 0.861. The first kappa shape index (κ1) is 18.3. The van der Waals surface area contributed by atoms with E-state index in [0.29, 0.717) is 11.5 Å². The zero-order chi connectivity index (χ0) is 17.6. The molecule has 2 N–H and O–H groups in total. The van der Waals surface area contributed by atoms with Gasteiger partial charge in [-0.25, -0.2) is 4.98 Å². The first-order chi connectivity index (χ1) is 11.4. The van der Waals surface area contributed by atoms with Crippen LogP contribution in [0.25, 0.3) is 5.65 Å². The Morgan fingerprint density at radius 1 is 1.33 bits per heavy atom. The summed E-state index contributed by atoms with van der Waals surface area (Å²) in [6, 6.07) is 6.45. The summed E-state index contributed by atoms with van der Waals surface area (Å²) < 4.78 is 2.05. The van der Waals surface area contributed by atoms with Crippen molar-refractivity contribution in [2.75, 3.05) is 13.6 Å². The van der Waals surface area contributed by atoms with Crippen LogP contribution in [0.4, 0.5) is 0 Å². The lowest BCUT2D eigenvalue weighted by atomic mass is 9.89. The highest BCUT2D eigenvalue weighted by Gasteiger charge is 2.13. The molecule has 0 aromatic carbocycles. The average Bonchev–Trinajstić information content (AvgIpc) is 2.94. The fourth-order valence-corrected chi connectivity index (χ4v) is 2.57. The highest BCUT2D eigenvalue weighted by molar-refractivity contribution is 5.79. The van der Waals surface area contributed by atoms with Crippen molar-refractivity contribution in [1.82, 2.24) is 20.0 Å². The van der Waals surface area contributed by atoms with Crippen LogP contribution in [0.3, 0.4) is 0 Å². The number of pyridine rings is 1. The van der Waals surface area contributed by atoms with E-state index in [1.54, 1.807) is 0 Å². The van der Waals surface area contributed by atoms with Gasteiger partial charge in [0, 0.05) is 38.4 Å². The molecule has 5 nitrogen and oxygen atoms in total. The van der Waals surface area contributed by atoms with E-state index < -0.39 is 0 Å². The molecule has 2 rings (SSSR count). The quantitative estimate of drug-likeness (QED) is 0.632. The molecule has 132 valence electrons. The first-order valence-corrected chi connectivity index (χ1v) is 8.77. The molecule has 0 amide bonds. The van der Waals surface area contributed by atoms with E-state index in [-0.39, 0.29) is 0 Å². The van der Waals surface area contributed by atoms with E-state index in [9.17, 15) is 0 Å². The van der Waals surface area contributed by atoms with Crippen LogP contribution in [-0.2, 0) is 6.42 Å². The van der Waals surface area contributed by atoms with E-state index in [0.717, 1.165) is 36.7 Å². The smallest absolute Gasteiger partial charge is 0.191 e. The van der Waals surface area contributed by atoms with Crippen LogP contribution < -0.4 is 10.6 Å². The van der Waals surface area contributed by atoms with Crippen molar-refractivity contribution in [1.29, 1.82) is 0 Å². The molecule has 0 bridgehead atoms. The van der Waals surface area contributed by atoms with E-state index in [1.807, 2.05) is 31.4 Å². The van der Waals surface area contributed by atoms with Crippen LogP contribution in [0.2, 0.25) is 0 Å². The third kappa shape index (κ3) is 5.87. The molecule has 0 fully saturated rings. The summed E-state index contributed by atoms with van der Waals surface area (Å²) in [5.41, 5.74) is 2.45. The Morgan fingerprint density at radius 2 is 2.12 bits per heavy atom. The van der Waals surface area contributed by atoms with Crippen molar-refractivity contribution in [2.45, 2.75) is 53.0 Å². The maximum atomic E-state index is 4.62. The number of aromatic nitrogens is 2. The molecule has 0 saturated heterocycles. The van der Waals surface area contributed by atoms with Crippen LogP contribution in [0.5, 0.6) is 0 Å². The number of rotatable bonds is 6. The van der Waals surface area contributed by atoms with Gasteiger partial charge in [0.1, 0.15) is 5.65 Å². The Balaban J connectivity index is 1.77. The lowest BCUT2D eigenvalue weighted by Crippen LogP contribution is -2.43. The Bertz CT molecular complexity index is 633. The van der Waals surface area contributed by atoms with E-state index >= 15 is 0 Å². The van der Waals surface area contributed by atoms with Gasteiger partial charge in [0.15, 0.2) is 5.96 Å². The second kappa shape index (κ2) is 8.18. The zero-order valence-electron chi connectivity index (χ0n) is 15.6. The van der Waals surface area contributed by atoms with Crippen molar-refractivity contribution in [3.63, 3.8) is 0 Å². The molecule has 2 aromatic heterocycles. The van der Waals surface area contributed by atoms with Crippen LogP contribution in [0.1, 0.15) is 46.2 Å². The highest BCUT2D eigenvalue weighted by Crippen LogP contribution is 2.21. The Hall–Kier alpha value is -2.04. The van der Waals surface area contributed by atoms with Gasteiger partial charge in [-0.05, 0) is 37.3 Å². The number of nitrogens with one attached hydrogen (secondary N) is 2. The minimum absolute atomic E-state index is 0.371. The number of guanidine groups is 1. The number of hydrogen-bond donors (Lipinski definition) is 2. The summed E-state index contributed by atoms with van der Waals surface area (Å²) in [6.07, 6.45) is 7.31. The number of nitrogens with zero attached hydrogens (tertiary/aromatic N) is 3. The van der Waals surface area contributed by atoms with E-state index in [2.05, 4.69) is 58.9 Å². The SMILES string of the molecule is CN=C(NCCc1cn2ccccc2n1)NC(C)CCC(C)(C)C. The maximum absolute atomic E-state index is 4.62. The Morgan fingerprint density at radius 3 is 2.79 bits per heavy atom. The lowest BCUT2D eigenvalue weighted by Gasteiger charge is -2.23. The third-order valence-electron chi connectivity index (χ3n) is 4.02. The van der Waals surface area contributed by atoms with Crippen molar-refractivity contribution in [3.05, 3.63) is 36.3 Å². The summed E-state index contributed by atoms with van der Waals surface area (Å²) in [6.45, 7) is 9.86. The predicted molar refractivity (Wildman–Crippen MR) is 102 cm³/mol. The molecule has 0 spiro atoms. The lowest BCUT2D eigenvalue weighted by molar-refractivity contribution is 0.346. The third-order valence-corrected chi connectivity index (χ3v) is 4.02. The second-order valence-electron chi connectivity index (χ2n) is 7.59. The van der Waals surface area contributed by atoms with Crippen molar-refractivity contribution >= 4 is 11.6 Å². The molecule has 0 aliphatic carbocycles. The summed E-state index contributed by atoms with van der Waals surface area (Å²) in [7, 11) is 1.82. The largest absolute Gasteiger partial charge is 0.356 e. The fourth-order valence-electron chi connectivity index (χ4n) is 2.57. The Labute approximate surface area is 145 Å². The van der Waals surface area contributed by atoms with Crippen molar-refractivity contribution < 1.29 is 0 Å². The minimum Gasteiger partial charge on any atom is -0.356 e. The zero-order valence-corrected chi connectivity index (χ0v) is 15.6. The van der Waals surface area contributed by atoms with Crippen LogP contribution in [0, 0.1) is 5.41 Å². The number of fused-ring (bicyclic) bond motifs is 1. The molecule has 2 heterocycles. The topological polar surface area (TPSA) is 53.7 Å². The minimum atomic E-state index is 0.371. The molecule has 1 atom stereocenters. The molecule has 24 heavy (non-hydrogen) atoms. The monoisotopic (exact) mass is 329 g/mol. The second-order valence-corrected chi connectivity index (χ2v) is 7.59. The summed E-state index contributed by atoms with van der Waals surface area (Å²) in [4.78, 5) is 8.93. The molecular formula is C19H31N5. The van der Waals surface area contributed by atoms with Gasteiger partial charge < -0.3 is 15.0 Å². The molecule has 0 aliphatic heterocycles. The van der Waals surface area contributed by atoms with Crippen LogP contribution in [-0.4, -0.2) is 35.0 Å². The average molecular weight is 329 g/mol. The van der Waals surface area contributed by atoms with Gasteiger partial charge in [-0.1, -0.05) is 26.8 Å². The van der Waals surface area contributed by atoms with E-state index in [4.69, 9.17) is 0 Å². The normalized spacial score (nSPS) is 14.0. The van der Waals surface area contributed by atoms with Gasteiger partial charge in [-0.3, -0.25) is 4.99 Å². The summed E-state index contributed by atoms with van der Waals surface area (Å²) >= 11 is 0. The van der Waals surface area contributed by atoms with Crippen LogP contribution >= 0.6 is 0 Å². The number of imidazole rings is 1. The number of hydrogen-bond acceptors (Lipinski definition) is 2. The van der Waals surface area contributed by atoms with Gasteiger partial charge in [0.05, 0.1) is 5.69 Å². The van der Waals surface area contributed by atoms with Gasteiger partial charge in [-0.15, -0.1) is 0 Å². The maximum Gasteiger partial charge on any atom is 0.191 e. The van der Waals surface area contributed by atoms with Gasteiger partial charge >= 0.3 is 0 Å². The Kier molecular flexibility index (Phi) is 6.23. The molecule has 0 aliphatic rings. The standard InChI is InChI=1S/C19H31N5/c1-15(9-11-19(2,3)4)22-18(20-5)21-12-10-16-14-24-13-7-6-8-17(24)23-16/h6-8,13-15H,9-12H2,1-5H3,(H2,20,21,22). The van der Waals surface area contributed by atoms with Gasteiger partial charge in [0.2, 0.25) is 0 Å². The van der Waals surface area contributed by atoms with E-state index in [1.165, 1.54) is 6.42 Å². The van der Waals surface area contributed by atoms with Crippen molar-refractivity contribution in [3.8, 4) is 0 Å². The van der Waals surface area contributed by atoms with Crippen LogP contribution in [0.15, 0.2) is 35.6 Å². The predicted octanol–water partition coefficient (Wildman–Crippen LogP) is 3.26. The molecule has 5 heteroatoms. The number of aliphatic imine (C=N–C) groups is 1. The highest BCUT2D eigenvalue weighted by atomic mass is 15.2. The molecular weight excluding hydrogens is 298 g/mol. The molecule has 0 radical (unpaired) electrons. The molecule has 2 aromatic rings. The molecule has 0 saturated carbocycles.